The van der Waals surface area contributed by atoms with E-state index < -0.39 is 0 Å². The molecule has 0 saturated carbocycles. The maximum absolute atomic E-state index is 9.97. The first-order chi connectivity index (χ1) is 8.47. The van der Waals surface area contributed by atoms with E-state index in [0.717, 1.165) is 12.1 Å². The standard InChI is InChI=1S/C14H24N2O2/c1-9(2)10(3)5-15-7-13-12(8-17)6-16-11(4)14(13)18/h6,9-10,15,17-18H,5,7-8H2,1-4H3. The van der Waals surface area contributed by atoms with Crippen LogP contribution in [0, 0.1) is 18.8 Å². The topological polar surface area (TPSA) is 65.4 Å². The number of aromatic hydroxyl groups is 1. The summed E-state index contributed by atoms with van der Waals surface area (Å²) >= 11 is 0. The molecule has 1 atom stereocenters. The second kappa shape index (κ2) is 6.71. The van der Waals surface area contributed by atoms with E-state index in [1.807, 2.05) is 0 Å². The van der Waals surface area contributed by atoms with Crippen molar-refractivity contribution in [2.45, 2.75) is 40.8 Å². The zero-order valence-electron chi connectivity index (χ0n) is 11.7. The van der Waals surface area contributed by atoms with Crippen molar-refractivity contribution in [3.05, 3.63) is 23.0 Å². The van der Waals surface area contributed by atoms with Gasteiger partial charge in [-0.1, -0.05) is 20.8 Å². The molecule has 0 aliphatic heterocycles. The molecule has 1 aromatic heterocycles. The number of aryl methyl sites for hydroxylation is 1. The summed E-state index contributed by atoms with van der Waals surface area (Å²) < 4.78 is 0. The number of rotatable bonds is 6. The summed E-state index contributed by atoms with van der Waals surface area (Å²) in [6.45, 7) is 9.70. The van der Waals surface area contributed by atoms with Crippen LogP contribution in [0.4, 0.5) is 0 Å². The second-order valence-electron chi connectivity index (χ2n) is 5.21. The lowest BCUT2D eigenvalue weighted by molar-refractivity contribution is 0.278. The third-order valence-corrected chi connectivity index (χ3v) is 3.51. The van der Waals surface area contributed by atoms with Gasteiger partial charge in [0, 0.05) is 23.9 Å². The highest BCUT2D eigenvalue weighted by molar-refractivity contribution is 5.40. The van der Waals surface area contributed by atoms with Crippen LogP contribution in [0.5, 0.6) is 5.75 Å². The van der Waals surface area contributed by atoms with Gasteiger partial charge in [0.2, 0.25) is 0 Å². The molecule has 0 aliphatic rings. The van der Waals surface area contributed by atoms with Crippen molar-refractivity contribution in [2.75, 3.05) is 6.54 Å². The molecule has 1 unspecified atom stereocenters. The highest BCUT2D eigenvalue weighted by Gasteiger charge is 2.12. The summed E-state index contributed by atoms with van der Waals surface area (Å²) in [6, 6.07) is 0. The number of aliphatic hydroxyl groups is 1. The molecule has 0 spiro atoms. The first-order valence-corrected chi connectivity index (χ1v) is 6.45. The monoisotopic (exact) mass is 252 g/mol. The van der Waals surface area contributed by atoms with Crippen LogP contribution in [0.1, 0.15) is 37.6 Å². The van der Waals surface area contributed by atoms with Crippen LogP contribution >= 0.6 is 0 Å². The van der Waals surface area contributed by atoms with Gasteiger partial charge in [-0.2, -0.15) is 0 Å². The Morgan fingerprint density at radius 1 is 1.33 bits per heavy atom. The highest BCUT2D eigenvalue weighted by atomic mass is 16.3. The number of hydrogen-bond donors (Lipinski definition) is 3. The van der Waals surface area contributed by atoms with E-state index in [-0.39, 0.29) is 12.4 Å². The smallest absolute Gasteiger partial charge is 0.141 e. The average Bonchev–Trinajstić information content (AvgIpc) is 2.34. The zero-order valence-corrected chi connectivity index (χ0v) is 11.7. The Hall–Kier alpha value is -1.13. The molecule has 0 bridgehead atoms. The zero-order chi connectivity index (χ0) is 13.7. The lowest BCUT2D eigenvalue weighted by atomic mass is 9.98. The largest absolute Gasteiger partial charge is 0.506 e. The first kappa shape index (κ1) is 14.9. The fraction of sp³-hybridized carbons (Fsp3) is 0.643. The van der Waals surface area contributed by atoms with Gasteiger partial charge in [0.05, 0.1) is 12.3 Å². The van der Waals surface area contributed by atoms with Gasteiger partial charge < -0.3 is 15.5 Å². The molecule has 18 heavy (non-hydrogen) atoms. The Labute approximate surface area is 109 Å². The molecule has 0 saturated heterocycles. The number of hydrogen-bond acceptors (Lipinski definition) is 4. The number of nitrogens with zero attached hydrogens (tertiary/aromatic N) is 1. The van der Waals surface area contributed by atoms with Gasteiger partial charge in [-0.15, -0.1) is 0 Å². The minimum Gasteiger partial charge on any atom is -0.506 e. The molecule has 0 radical (unpaired) electrons. The quantitative estimate of drug-likeness (QED) is 0.724. The van der Waals surface area contributed by atoms with Crippen molar-refractivity contribution < 1.29 is 10.2 Å². The van der Waals surface area contributed by atoms with Gasteiger partial charge in [0.15, 0.2) is 0 Å². The minimum atomic E-state index is -0.0996. The van der Waals surface area contributed by atoms with Crippen LogP contribution in [0.25, 0.3) is 0 Å². The molecular weight excluding hydrogens is 228 g/mol. The Bertz CT molecular complexity index is 392. The van der Waals surface area contributed by atoms with E-state index in [9.17, 15) is 10.2 Å². The van der Waals surface area contributed by atoms with Gasteiger partial charge in [-0.05, 0) is 25.3 Å². The lowest BCUT2D eigenvalue weighted by Crippen LogP contribution is -2.24. The van der Waals surface area contributed by atoms with E-state index in [2.05, 4.69) is 31.1 Å². The second-order valence-corrected chi connectivity index (χ2v) is 5.21. The molecule has 1 aromatic rings. The number of pyridine rings is 1. The fourth-order valence-corrected chi connectivity index (χ4v) is 1.68. The fourth-order valence-electron chi connectivity index (χ4n) is 1.68. The highest BCUT2D eigenvalue weighted by Crippen LogP contribution is 2.23. The average molecular weight is 252 g/mol. The molecule has 102 valence electrons. The minimum absolute atomic E-state index is 0.0996. The molecule has 1 heterocycles. The number of aromatic nitrogens is 1. The van der Waals surface area contributed by atoms with Gasteiger partial charge >= 0.3 is 0 Å². The first-order valence-electron chi connectivity index (χ1n) is 6.45. The number of aliphatic hydroxyl groups excluding tert-OH is 1. The molecule has 3 N–H and O–H groups in total. The molecule has 1 rings (SSSR count). The van der Waals surface area contributed by atoms with Crippen molar-refractivity contribution in [2.24, 2.45) is 11.8 Å². The summed E-state index contributed by atoms with van der Waals surface area (Å²) in [5, 5.41) is 22.5. The van der Waals surface area contributed by atoms with Crippen LogP contribution in [0.15, 0.2) is 6.20 Å². The van der Waals surface area contributed by atoms with E-state index in [4.69, 9.17) is 0 Å². The number of nitrogens with one attached hydrogen (secondary N) is 1. The maximum atomic E-state index is 9.97. The van der Waals surface area contributed by atoms with Crippen molar-refractivity contribution in [3.8, 4) is 5.75 Å². The van der Waals surface area contributed by atoms with Gasteiger partial charge in [0.25, 0.3) is 0 Å². The van der Waals surface area contributed by atoms with Crippen LogP contribution in [0.3, 0.4) is 0 Å². The van der Waals surface area contributed by atoms with Crippen LogP contribution in [-0.4, -0.2) is 21.7 Å². The summed E-state index contributed by atoms with van der Waals surface area (Å²) in [7, 11) is 0. The summed E-state index contributed by atoms with van der Waals surface area (Å²) in [6.07, 6.45) is 1.62. The molecule has 4 nitrogen and oxygen atoms in total. The van der Waals surface area contributed by atoms with Crippen LogP contribution in [-0.2, 0) is 13.2 Å². The summed E-state index contributed by atoms with van der Waals surface area (Å²) in [4.78, 5) is 4.04. The third-order valence-electron chi connectivity index (χ3n) is 3.51. The van der Waals surface area contributed by atoms with Crippen LogP contribution in [0.2, 0.25) is 0 Å². The van der Waals surface area contributed by atoms with Crippen molar-refractivity contribution in [3.63, 3.8) is 0 Å². The Morgan fingerprint density at radius 2 is 2.00 bits per heavy atom. The third kappa shape index (κ3) is 3.68. The summed E-state index contributed by atoms with van der Waals surface area (Å²) in [5.74, 6) is 1.39. The van der Waals surface area contributed by atoms with Crippen molar-refractivity contribution in [1.29, 1.82) is 0 Å². The van der Waals surface area contributed by atoms with E-state index >= 15 is 0 Å². The molecule has 0 aromatic carbocycles. The molecule has 4 heteroatoms. The lowest BCUT2D eigenvalue weighted by Gasteiger charge is -2.17. The van der Waals surface area contributed by atoms with E-state index in [1.54, 1.807) is 13.1 Å². The Morgan fingerprint density at radius 3 is 2.56 bits per heavy atom. The Balaban J connectivity index is 2.69. The van der Waals surface area contributed by atoms with Gasteiger partial charge in [0.1, 0.15) is 5.75 Å². The predicted molar refractivity (Wildman–Crippen MR) is 72.3 cm³/mol. The Kier molecular flexibility index (Phi) is 5.56. The predicted octanol–water partition coefficient (Wildman–Crippen LogP) is 1.97. The normalized spacial score (nSPS) is 13.0. The molecule has 0 aliphatic carbocycles. The van der Waals surface area contributed by atoms with Crippen LogP contribution < -0.4 is 5.32 Å². The van der Waals surface area contributed by atoms with E-state index in [1.165, 1.54) is 0 Å². The van der Waals surface area contributed by atoms with E-state index in [0.29, 0.717) is 29.6 Å². The maximum Gasteiger partial charge on any atom is 0.141 e. The van der Waals surface area contributed by atoms with Crippen molar-refractivity contribution >= 4 is 0 Å². The SMILES string of the molecule is Cc1ncc(CO)c(CNCC(C)C(C)C)c1O. The van der Waals surface area contributed by atoms with Gasteiger partial charge in [-0.25, -0.2) is 0 Å². The molecular formula is C14H24N2O2. The van der Waals surface area contributed by atoms with Crippen molar-refractivity contribution in [1.82, 2.24) is 10.3 Å². The molecule has 0 fully saturated rings. The van der Waals surface area contributed by atoms with Gasteiger partial charge in [-0.3, -0.25) is 4.98 Å². The molecule has 0 amide bonds. The summed E-state index contributed by atoms with van der Waals surface area (Å²) in [5.41, 5.74) is 2.03.